The van der Waals surface area contributed by atoms with Crippen molar-refractivity contribution < 1.29 is 9.90 Å². The average molecular weight is 229 g/mol. The van der Waals surface area contributed by atoms with Crippen molar-refractivity contribution in [2.75, 3.05) is 13.6 Å². The molecule has 3 nitrogen and oxygen atoms in total. The summed E-state index contributed by atoms with van der Waals surface area (Å²) in [7, 11) is 2.13. The van der Waals surface area contributed by atoms with Crippen LogP contribution in [-0.2, 0) is 4.79 Å². The first-order valence-corrected chi connectivity index (χ1v) is 6.28. The zero-order valence-corrected chi connectivity index (χ0v) is 11.4. The van der Waals surface area contributed by atoms with Gasteiger partial charge in [-0.15, -0.1) is 0 Å². The van der Waals surface area contributed by atoms with E-state index < -0.39 is 11.4 Å². The number of carboxylic acids is 1. The number of rotatable bonds is 8. The predicted octanol–water partition coefficient (Wildman–Crippen LogP) is 3.00. The summed E-state index contributed by atoms with van der Waals surface area (Å²) >= 11 is 0. The second kappa shape index (κ2) is 6.89. The Bertz CT molecular complexity index is 210. The average Bonchev–Trinajstić information content (AvgIpc) is 2.19. The summed E-state index contributed by atoms with van der Waals surface area (Å²) in [5, 5.41) is 8.99. The Kier molecular flexibility index (Phi) is 6.65. The van der Waals surface area contributed by atoms with Crippen molar-refractivity contribution in [2.45, 2.75) is 59.4 Å². The highest BCUT2D eigenvalue weighted by Crippen LogP contribution is 2.22. The molecule has 0 aliphatic rings. The maximum Gasteiger partial charge on any atom is 0.309 e. The summed E-state index contributed by atoms with van der Waals surface area (Å²) in [6.07, 6.45) is 4.02. The molecule has 0 radical (unpaired) electrons. The third-order valence-electron chi connectivity index (χ3n) is 3.46. The van der Waals surface area contributed by atoms with Gasteiger partial charge in [0.1, 0.15) is 0 Å². The molecule has 0 aliphatic heterocycles. The predicted molar refractivity (Wildman–Crippen MR) is 67.7 cm³/mol. The van der Waals surface area contributed by atoms with Crippen molar-refractivity contribution in [3.8, 4) is 0 Å². The molecule has 0 heterocycles. The Hall–Kier alpha value is -0.570. The molecule has 0 unspecified atom stereocenters. The minimum Gasteiger partial charge on any atom is -0.481 e. The lowest BCUT2D eigenvalue weighted by molar-refractivity contribution is -0.147. The number of carbonyl (C=O) groups is 1. The van der Waals surface area contributed by atoms with E-state index in [9.17, 15) is 4.79 Å². The van der Waals surface area contributed by atoms with Crippen LogP contribution in [0.2, 0.25) is 0 Å². The van der Waals surface area contributed by atoms with Gasteiger partial charge in [-0.3, -0.25) is 4.79 Å². The summed E-state index contributed by atoms with van der Waals surface area (Å²) in [6, 6.07) is 0.632. The summed E-state index contributed by atoms with van der Waals surface area (Å²) in [4.78, 5) is 13.3. The Balaban J connectivity index is 3.94. The van der Waals surface area contributed by atoms with Crippen molar-refractivity contribution in [1.29, 1.82) is 0 Å². The van der Waals surface area contributed by atoms with Crippen LogP contribution in [0.4, 0.5) is 0 Å². The molecule has 0 aromatic heterocycles. The molecule has 0 bridgehead atoms. The van der Waals surface area contributed by atoms with E-state index in [-0.39, 0.29) is 0 Å². The molecule has 0 aliphatic carbocycles. The van der Waals surface area contributed by atoms with Gasteiger partial charge in [-0.2, -0.15) is 0 Å². The minimum absolute atomic E-state index is 0.589. The van der Waals surface area contributed by atoms with Crippen molar-refractivity contribution in [3.63, 3.8) is 0 Å². The van der Waals surface area contributed by atoms with E-state index in [1.807, 2.05) is 0 Å². The Labute approximate surface area is 99.8 Å². The number of aliphatic carboxylic acids is 1. The highest BCUT2D eigenvalue weighted by atomic mass is 16.4. The van der Waals surface area contributed by atoms with E-state index in [4.69, 9.17) is 5.11 Å². The van der Waals surface area contributed by atoms with Crippen molar-refractivity contribution in [2.24, 2.45) is 5.41 Å². The molecule has 0 saturated heterocycles. The standard InChI is InChI=1S/C13H27NO2/c1-6-11(7-2)14(5)10-8-9-13(3,4)12(15)16/h11H,6-10H2,1-5H3,(H,15,16). The fourth-order valence-electron chi connectivity index (χ4n) is 1.97. The third kappa shape index (κ3) is 4.97. The van der Waals surface area contributed by atoms with E-state index >= 15 is 0 Å². The first-order chi connectivity index (χ1) is 7.35. The molecule has 0 amide bonds. The normalized spacial score (nSPS) is 12.4. The zero-order valence-electron chi connectivity index (χ0n) is 11.4. The van der Waals surface area contributed by atoms with Crippen LogP contribution in [0.5, 0.6) is 0 Å². The van der Waals surface area contributed by atoms with Gasteiger partial charge in [-0.1, -0.05) is 13.8 Å². The molecular weight excluding hydrogens is 202 g/mol. The SMILES string of the molecule is CCC(CC)N(C)CCCC(C)(C)C(=O)O. The van der Waals surface area contributed by atoms with Crippen LogP contribution in [0.25, 0.3) is 0 Å². The van der Waals surface area contributed by atoms with E-state index in [0.29, 0.717) is 6.04 Å². The number of hydrogen-bond donors (Lipinski definition) is 1. The molecule has 3 heteroatoms. The van der Waals surface area contributed by atoms with Crippen molar-refractivity contribution in [1.82, 2.24) is 4.90 Å². The second-order valence-electron chi connectivity index (χ2n) is 5.24. The third-order valence-corrected chi connectivity index (χ3v) is 3.46. The van der Waals surface area contributed by atoms with Crippen molar-refractivity contribution in [3.05, 3.63) is 0 Å². The lowest BCUT2D eigenvalue weighted by Crippen LogP contribution is -2.32. The summed E-state index contributed by atoms with van der Waals surface area (Å²) in [6.45, 7) is 8.99. The largest absolute Gasteiger partial charge is 0.481 e. The minimum atomic E-state index is -0.697. The van der Waals surface area contributed by atoms with Gasteiger partial charge in [0, 0.05) is 6.04 Å². The Morgan fingerprint density at radius 3 is 2.19 bits per heavy atom. The topological polar surface area (TPSA) is 40.5 Å². The first kappa shape index (κ1) is 15.4. The Morgan fingerprint density at radius 2 is 1.81 bits per heavy atom. The van der Waals surface area contributed by atoms with Crippen LogP contribution in [0, 0.1) is 5.41 Å². The van der Waals surface area contributed by atoms with Gasteiger partial charge >= 0.3 is 5.97 Å². The molecule has 0 atom stereocenters. The van der Waals surface area contributed by atoms with Gasteiger partial charge in [-0.05, 0) is 53.1 Å². The lowest BCUT2D eigenvalue weighted by atomic mass is 9.88. The van der Waals surface area contributed by atoms with E-state index in [1.165, 1.54) is 0 Å². The van der Waals surface area contributed by atoms with Crippen LogP contribution in [0.1, 0.15) is 53.4 Å². The van der Waals surface area contributed by atoms with Crippen molar-refractivity contribution >= 4 is 5.97 Å². The molecule has 16 heavy (non-hydrogen) atoms. The lowest BCUT2D eigenvalue weighted by Gasteiger charge is -2.27. The van der Waals surface area contributed by atoms with Crippen LogP contribution < -0.4 is 0 Å². The van der Waals surface area contributed by atoms with Gasteiger partial charge in [-0.25, -0.2) is 0 Å². The zero-order chi connectivity index (χ0) is 12.8. The number of nitrogens with zero attached hydrogens (tertiary/aromatic N) is 1. The summed E-state index contributed by atoms with van der Waals surface area (Å²) in [5.74, 6) is -0.697. The molecule has 0 rings (SSSR count). The molecule has 0 aromatic carbocycles. The maximum atomic E-state index is 10.9. The summed E-state index contributed by atoms with van der Waals surface area (Å²) in [5.41, 5.74) is -0.589. The maximum absolute atomic E-state index is 10.9. The van der Waals surface area contributed by atoms with Crippen LogP contribution in [0.15, 0.2) is 0 Å². The van der Waals surface area contributed by atoms with E-state index in [1.54, 1.807) is 13.8 Å². The van der Waals surface area contributed by atoms with Gasteiger partial charge < -0.3 is 10.0 Å². The first-order valence-electron chi connectivity index (χ1n) is 6.28. The molecule has 96 valence electrons. The fraction of sp³-hybridized carbons (Fsp3) is 0.923. The molecule has 0 saturated carbocycles. The summed E-state index contributed by atoms with van der Waals surface area (Å²) < 4.78 is 0. The van der Waals surface area contributed by atoms with Gasteiger partial charge in [0.05, 0.1) is 5.41 Å². The van der Waals surface area contributed by atoms with Crippen LogP contribution in [-0.4, -0.2) is 35.6 Å². The van der Waals surface area contributed by atoms with Crippen LogP contribution in [0.3, 0.4) is 0 Å². The Morgan fingerprint density at radius 1 is 1.31 bits per heavy atom. The highest BCUT2D eigenvalue weighted by Gasteiger charge is 2.26. The monoisotopic (exact) mass is 229 g/mol. The molecule has 0 aromatic rings. The highest BCUT2D eigenvalue weighted by molar-refractivity contribution is 5.73. The van der Waals surface area contributed by atoms with Crippen LogP contribution >= 0.6 is 0 Å². The van der Waals surface area contributed by atoms with Gasteiger partial charge in [0.2, 0.25) is 0 Å². The molecule has 0 fully saturated rings. The number of hydrogen-bond acceptors (Lipinski definition) is 2. The molecule has 0 spiro atoms. The fourth-order valence-corrected chi connectivity index (χ4v) is 1.97. The second-order valence-corrected chi connectivity index (χ2v) is 5.24. The number of carboxylic acid groups (broad SMARTS) is 1. The van der Waals surface area contributed by atoms with Gasteiger partial charge in [0.15, 0.2) is 0 Å². The van der Waals surface area contributed by atoms with E-state index in [2.05, 4.69) is 25.8 Å². The smallest absolute Gasteiger partial charge is 0.309 e. The molecular formula is C13H27NO2. The quantitative estimate of drug-likeness (QED) is 0.695. The molecule has 1 N–H and O–H groups in total. The van der Waals surface area contributed by atoms with Gasteiger partial charge in [0.25, 0.3) is 0 Å². The van der Waals surface area contributed by atoms with E-state index in [0.717, 1.165) is 32.2 Å².